The van der Waals surface area contributed by atoms with Crippen molar-refractivity contribution in [2.75, 3.05) is 0 Å². The van der Waals surface area contributed by atoms with Crippen molar-refractivity contribution in [2.24, 2.45) is 4.99 Å². The minimum Gasteiger partial charge on any atom is -0.231 e. The van der Waals surface area contributed by atoms with Crippen LogP contribution in [0.25, 0.3) is 0 Å². The molecule has 0 aromatic heterocycles. The molecule has 0 amide bonds. The van der Waals surface area contributed by atoms with Gasteiger partial charge in [0.1, 0.15) is 0 Å². The Morgan fingerprint density at radius 1 is 1.20 bits per heavy atom. The standard InChI is InChI=1S/C4HB4NS/c5-3(6)2(9-1-10)4(3,7)8/h2H. The van der Waals surface area contributed by atoms with Gasteiger partial charge in [-0.3, -0.25) is 0 Å². The first-order valence-electron chi connectivity index (χ1n) is 2.67. The third kappa shape index (κ3) is 0.825. The molecule has 0 atom stereocenters. The lowest BCUT2D eigenvalue weighted by atomic mass is 9.49. The molecule has 0 spiro atoms. The van der Waals surface area contributed by atoms with Crippen molar-refractivity contribution in [1.82, 2.24) is 0 Å². The predicted octanol–water partition coefficient (Wildman–Crippen LogP) is -0.622. The number of nitrogens with zero attached hydrogens (tertiary/aromatic N) is 1. The Bertz CT molecular complexity index is 193. The van der Waals surface area contributed by atoms with E-state index in [1.165, 1.54) is 0 Å². The zero-order chi connectivity index (χ0) is 7.99. The normalized spacial score (nSPS) is 26.8. The quantitative estimate of drug-likeness (QED) is 0.267. The van der Waals surface area contributed by atoms with Crippen LogP contribution in [0.15, 0.2) is 4.99 Å². The summed E-state index contributed by atoms with van der Waals surface area (Å²) in [4.78, 5) is 3.61. The van der Waals surface area contributed by atoms with Crippen molar-refractivity contribution in [1.29, 1.82) is 0 Å². The van der Waals surface area contributed by atoms with Crippen LogP contribution in [-0.2, 0) is 0 Å². The van der Waals surface area contributed by atoms with Crippen molar-refractivity contribution in [3.8, 4) is 0 Å². The van der Waals surface area contributed by atoms with Crippen LogP contribution < -0.4 is 0 Å². The van der Waals surface area contributed by atoms with Crippen LogP contribution in [0.2, 0.25) is 10.4 Å². The van der Waals surface area contributed by atoms with E-state index in [-0.39, 0.29) is 0 Å². The first-order chi connectivity index (χ1) is 4.44. The Balaban J connectivity index is 2.81. The zero-order valence-corrected chi connectivity index (χ0v) is 6.06. The van der Waals surface area contributed by atoms with Crippen molar-refractivity contribution < 1.29 is 0 Å². The van der Waals surface area contributed by atoms with Gasteiger partial charge in [0.05, 0.1) is 36.5 Å². The van der Waals surface area contributed by atoms with Crippen LogP contribution in [-0.4, -0.2) is 42.6 Å². The molecular weight excluding hydrogens is 137 g/mol. The maximum atomic E-state index is 5.42. The van der Waals surface area contributed by atoms with Crippen LogP contribution in [0.1, 0.15) is 0 Å². The smallest absolute Gasteiger partial charge is 0.0637 e. The van der Waals surface area contributed by atoms with E-state index >= 15 is 0 Å². The lowest BCUT2D eigenvalue weighted by Gasteiger charge is -2.04. The molecule has 6 heteroatoms. The second kappa shape index (κ2) is 2.02. The SMILES string of the molecule is [B]C1([B])C(N=C=S)C1([B])[B]. The minimum atomic E-state index is -1.13. The van der Waals surface area contributed by atoms with E-state index < -0.39 is 16.5 Å². The maximum absolute atomic E-state index is 5.42. The van der Waals surface area contributed by atoms with Gasteiger partial charge in [-0.1, -0.05) is 10.4 Å². The van der Waals surface area contributed by atoms with E-state index in [1.54, 1.807) is 0 Å². The molecule has 1 aliphatic rings. The van der Waals surface area contributed by atoms with Crippen LogP contribution in [0.4, 0.5) is 0 Å². The molecule has 8 radical (unpaired) electrons. The molecule has 1 aliphatic carbocycles. The number of isothiocyanates is 1. The zero-order valence-electron chi connectivity index (χ0n) is 5.24. The van der Waals surface area contributed by atoms with Gasteiger partial charge in [-0.15, -0.1) is 0 Å². The summed E-state index contributed by atoms with van der Waals surface area (Å²) in [6.07, 6.45) is 0. The summed E-state index contributed by atoms with van der Waals surface area (Å²) >= 11 is 4.33. The Labute approximate surface area is 70.7 Å². The first-order valence-corrected chi connectivity index (χ1v) is 3.08. The molecule has 0 N–H and O–H groups in total. The van der Waals surface area contributed by atoms with Crippen molar-refractivity contribution in [3.63, 3.8) is 0 Å². The monoisotopic (exact) mass is 139 g/mol. The topological polar surface area (TPSA) is 12.4 Å². The van der Waals surface area contributed by atoms with Gasteiger partial charge in [-0.05, 0) is 12.2 Å². The molecule has 0 saturated heterocycles. The second-order valence-corrected chi connectivity index (χ2v) is 2.67. The lowest BCUT2D eigenvalue weighted by molar-refractivity contribution is 1.04. The average molecular weight is 138 g/mol. The van der Waals surface area contributed by atoms with Gasteiger partial charge in [-0.2, -0.15) is 0 Å². The van der Waals surface area contributed by atoms with Crippen LogP contribution in [0.3, 0.4) is 0 Å². The van der Waals surface area contributed by atoms with Crippen LogP contribution >= 0.6 is 12.2 Å². The summed E-state index contributed by atoms with van der Waals surface area (Å²) in [5.41, 5.74) is 0. The summed E-state index contributed by atoms with van der Waals surface area (Å²) in [6, 6.07) is -0.502. The van der Waals surface area contributed by atoms with E-state index in [0.717, 1.165) is 0 Å². The second-order valence-electron chi connectivity index (χ2n) is 2.49. The summed E-state index contributed by atoms with van der Waals surface area (Å²) in [6.45, 7) is 0. The fraction of sp³-hybridized carbons (Fsp3) is 0.750. The van der Waals surface area contributed by atoms with Crippen molar-refractivity contribution in [3.05, 3.63) is 0 Å². The fourth-order valence-corrected chi connectivity index (χ4v) is 0.917. The number of hydrogen-bond donors (Lipinski definition) is 0. The molecule has 1 fully saturated rings. The van der Waals surface area contributed by atoms with E-state index in [1.807, 2.05) is 0 Å². The third-order valence-electron chi connectivity index (χ3n) is 1.75. The molecule has 0 bridgehead atoms. The van der Waals surface area contributed by atoms with Crippen molar-refractivity contribution in [2.45, 2.75) is 16.5 Å². The molecule has 0 aromatic carbocycles. The van der Waals surface area contributed by atoms with Gasteiger partial charge in [0.15, 0.2) is 0 Å². The largest absolute Gasteiger partial charge is 0.231 e. The van der Waals surface area contributed by atoms with E-state index in [4.69, 9.17) is 31.4 Å². The number of hydrogen-bond acceptors (Lipinski definition) is 2. The Morgan fingerprint density at radius 2 is 1.60 bits per heavy atom. The van der Waals surface area contributed by atoms with Gasteiger partial charge in [0, 0.05) is 6.04 Å². The van der Waals surface area contributed by atoms with Gasteiger partial charge in [0.2, 0.25) is 0 Å². The highest BCUT2D eigenvalue weighted by Crippen LogP contribution is 2.69. The van der Waals surface area contributed by atoms with Gasteiger partial charge < -0.3 is 0 Å². The number of thiocarbonyl (C=S) groups is 1. The molecule has 0 aromatic rings. The van der Waals surface area contributed by atoms with Crippen LogP contribution in [0.5, 0.6) is 0 Å². The number of aliphatic imine (C=N–C) groups is 1. The first kappa shape index (κ1) is 8.16. The Kier molecular flexibility index (Phi) is 1.65. The van der Waals surface area contributed by atoms with Crippen LogP contribution in [0, 0.1) is 0 Å². The molecule has 1 nitrogen and oxygen atoms in total. The third-order valence-corrected chi connectivity index (χ3v) is 1.86. The van der Waals surface area contributed by atoms with E-state index in [2.05, 4.69) is 22.4 Å². The van der Waals surface area contributed by atoms with Gasteiger partial charge >= 0.3 is 0 Å². The van der Waals surface area contributed by atoms with Gasteiger partial charge in [0.25, 0.3) is 0 Å². The minimum absolute atomic E-state index is 0.502. The summed E-state index contributed by atoms with van der Waals surface area (Å²) in [7, 11) is 21.7. The average Bonchev–Trinajstić information content (AvgIpc) is 2.13. The van der Waals surface area contributed by atoms with Gasteiger partial charge in [-0.25, -0.2) is 4.99 Å². The highest BCUT2D eigenvalue weighted by molar-refractivity contribution is 7.78. The molecule has 1 saturated carbocycles. The fourth-order valence-electron chi connectivity index (χ4n) is 0.812. The Hall–Kier alpha value is 0.0597. The summed E-state index contributed by atoms with van der Waals surface area (Å²) < 4.78 is 0. The van der Waals surface area contributed by atoms with Crippen molar-refractivity contribution >= 4 is 48.8 Å². The molecule has 0 unspecified atom stereocenters. The molecular formula is C4HB4NS. The molecule has 10 heavy (non-hydrogen) atoms. The summed E-state index contributed by atoms with van der Waals surface area (Å²) in [5, 5.41) is -0.123. The van der Waals surface area contributed by atoms with E-state index in [9.17, 15) is 0 Å². The molecule has 40 valence electrons. The highest BCUT2D eigenvalue weighted by Gasteiger charge is 2.62. The Morgan fingerprint density at radius 3 is 1.70 bits per heavy atom. The molecule has 0 heterocycles. The lowest BCUT2D eigenvalue weighted by Crippen LogP contribution is -2.01. The highest BCUT2D eigenvalue weighted by atomic mass is 32.1. The maximum Gasteiger partial charge on any atom is 0.0637 e. The molecule has 1 rings (SSSR count). The molecule has 0 aliphatic heterocycles. The predicted molar refractivity (Wildman–Crippen MR) is 47.2 cm³/mol. The summed E-state index contributed by atoms with van der Waals surface area (Å²) in [5.74, 6) is 0. The van der Waals surface area contributed by atoms with E-state index in [0.29, 0.717) is 0 Å². The number of rotatable bonds is 1.